The summed E-state index contributed by atoms with van der Waals surface area (Å²) in [4.78, 5) is 27.5. The van der Waals surface area contributed by atoms with Crippen LogP contribution < -0.4 is 0 Å². The highest BCUT2D eigenvalue weighted by molar-refractivity contribution is 5.95. The Bertz CT molecular complexity index is 1010. The molecule has 0 aliphatic heterocycles. The Hall–Kier alpha value is -1.54. The van der Waals surface area contributed by atoms with Gasteiger partial charge in [0.2, 0.25) is 0 Å². The number of unbranched alkanes of at least 4 members (excludes halogenated alkanes) is 8. The molecule has 1 spiro atoms. The average molecular weight is 547 g/mol. The minimum atomic E-state index is -2.21. The molecule has 0 saturated heterocycles. The third kappa shape index (κ3) is 4.47. The van der Waals surface area contributed by atoms with Crippen LogP contribution in [0, 0.1) is 28.6 Å². The Morgan fingerprint density at radius 2 is 1.62 bits per heavy atom. The number of rotatable bonds is 12. The predicted molar refractivity (Wildman–Crippen MR) is 149 cm³/mol. The largest absolute Gasteiger partial charge is 0.458 e. The molecule has 4 rings (SSSR count). The molecule has 7 heteroatoms. The van der Waals surface area contributed by atoms with Crippen LogP contribution in [0.1, 0.15) is 105 Å². The van der Waals surface area contributed by atoms with Crippen molar-refractivity contribution in [1.82, 2.24) is 0 Å². The van der Waals surface area contributed by atoms with Gasteiger partial charge in [-0.25, -0.2) is 0 Å². The number of esters is 1. The maximum atomic E-state index is 14.4. The maximum Gasteiger partial charge on any atom is 0.306 e. The summed E-state index contributed by atoms with van der Waals surface area (Å²) in [5.74, 6) is -2.21. The first-order chi connectivity index (χ1) is 18.4. The van der Waals surface area contributed by atoms with Gasteiger partial charge in [0.25, 0.3) is 0 Å². The first kappa shape index (κ1) is 30.4. The molecule has 7 nitrogen and oxygen atoms in total. The molecule has 4 aliphatic rings. The van der Waals surface area contributed by atoms with Crippen LogP contribution in [0.5, 0.6) is 0 Å². The van der Waals surface area contributed by atoms with Gasteiger partial charge in [-0.05, 0) is 36.8 Å². The number of carbonyl (C=O) groups excluding carboxylic acids is 2. The molecule has 0 radical (unpaired) electrons. The van der Waals surface area contributed by atoms with Crippen molar-refractivity contribution in [2.45, 2.75) is 129 Å². The van der Waals surface area contributed by atoms with E-state index in [9.17, 15) is 30.0 Å². The molecular formula is C32H50O7. The van der Waals surface area contributed by atoms with Crippen LogP contribution in [0.15, 0.2) is 23.3 Å². The Morgan fingerprint density at radius 3 is 2.21 bits per heavy atom. The van der Waals surface area contributed by atoms with E-state index in [1.807, 2.05) is 20.8 Å². The number of hydrogen-bond acceptors (Lipinski definition) is 7. The van der Waals surface area contributed by atoms with Gasteiger partial charge in [0.1, 0.15) is 23.4 Å². The molecule has 0 aromatic rings. The molecule has 220 valence electrons. The van der Waals surface area contributed by atoms with E-state index in [2.05, 4.69) is 6.92 Å². The van der Waals surface area contributed by atoms with Crippen molar-refractivity contribution in [2.24, 2.45) is 28.6 Å². The van der Waals surface area contributed by atoms with Crippen LogP contribution in [0.2, 0.25) is 0 Å². The predicted octanol–water partition coefficient (Wildman–Crippen LogP) is 4.40. The third-order valence-corrected chi connectivity index (χ3v) is 10.8. The summed E-state index contributed by atoms with van der Waals surface area (Å²) < 4.78 is 6.31. The SMILES string of the molecule is CCCCCCCCCCCC(=O)O[C@@]12CC(C)C34C=C(C)[C@H](O)[C@@]3(O)[C@H](O)C(CO)=C[C@H](C4=O)[C@H]1C2(C)C. The Labute approximate surface area is 233 Å². The summed E-state index contributed by atoms with van der Waals surface area (Å²) in [5.41, 5.74) is -4.64. The van der Waals surface area contributed by atoms with Crippen LogP contribution >= 0.6 is 0 Å². The van der Waals surface area contributed by atoms with Crippen molar-refractivity contribution in [3.05, 3.63) is 23.3 Å². The van der Waals surface area contributed by atoms with Gasteiger partial charge in [-0.2, -0.15) is 0 Å². The van der Waals surface area contributed by atoms with E-state index < -0.39 is 52.7 Å². The summed E-state index contributed by atoms with van der Waals surface area (Å²) >= 11 is 0. The first-order valence-corrected chi connectivity index (χ1v) is 15.2. The van der Waals surface area contributed by atoms with Gasteiger partial charge in [-0.3, -0.25) is 9.59 Å². The topological polar surface area (TPSA) is 124 Å². The van der Waals surface area contributed by atoms with Crippen molar-refractivity contribution >= 4 is 11.8 Å². The number of fused-ring (bicyclic) bond motifs is 3. The zero-order chi connectivity index (χ0) is 28.8. The maximum absolute atomic E-state index is 14.4. The second kappa shape index (κ2) is 11.0. The fraction of sp³-hybridized carbons (Fsp3) is 0.812. The smallest absolute Gasteiger partial charge is 0.306 e. The lowest BCUT2D eigenvalue weighted by Gasteiger charge is -2.48. The lowest BCUT2D eigenvalue weighted by molar-refractivity contribution is -0.191. The number of Topliss-reactive ketones (excluding diaryl/α,β-unsaturated/α-hetero) is 1. The van der Waals surface area contributed by atoms with E-state index in [1.165, 1.54) is 38.5 Å². The molecule has 8 atom stereocenters. The monoisotopic (exact) mass is 546 g/mol. The minimum absolute atomic E-state index is 0.117. The third-order valence-electron chi connectivity index (χ3n) is 10.8. The number of aliphatic hydroxyl groups is 4. The molecule has 0 amide bonds. The number of ether oxygens (including phenoxy) is 1. The molecule has 2 bridgehead atoms. The summed E-state index contributed by atoms with van der Waals surface area (Å²) in [6, 6.07) is 0. The van der Waals surface area contributed by atoms with Gasteiger partial charge in [0.05, 0.1) is 12.0 Å². The summed E-state index contributed by atoms with van der Waals surface area (Å²) in [6.45, 7) is 9.16. The Kier molecular flexibility index (Phi) is 8.61. The van der Waals surface area contributed by atoms with Gasteiger partial charge in [-0.15, -0.1) is 0 Å². The molecule has 2 fully saturated rings. The molecule has 4 N–H and O–H groups in total. The van der Waals surface area contributed by atoms with Crippen LogP contribution in [0.3, 0.4) is 0 Å². The Morgan fingerprint density at radius 1 is 1.03 bits per heavy atom. The van der Waals surface area contributed by atoms with E-state index in [0.717, 1.165) is 19.3 Å². The number of allylic oxidation sites excluding steroid dienone is 1. The van der Waals surface area contributed by atoms with Crippen molar-refractivity contribution in [3.63, 3.8) is 0 Å². The van der Waals surface area contributed by atoms with Gasteiger partial charge < -0.3 is 25.2 Å². The van der Waals surface area contributed by atoms with Gasteiger partial charge in [0, 0.05) is 23.7 Å². The second-order valence-electron chi connectivity index (χ2n) is 13.4. The molecule has 2 saturated carbocycles. The standard InChI is InChI=1S/C32H50O7/c1-6-7-8-9-10-11-12-13-14-15-24(34)39-31-18-21(3)30-17-20(2)26(35)32(30,38)27(36)22(19-33)16-23(28(30)37)25(31)29(31,4)5/h16-17,21,23,25-27,33,35-36,38H,6-15,18-19H2,1-5H3/t21?,23-,25-,26-,27+,30?,31-,32+/m0/s1. The van der Waals surface area contributed by atoms with E-state index in [4.69, 9.17) is 4.74 Å². The van der Waals surface area contributed by atoms with E-state index in [1.54, 1.807) is 19.1 Å². The zero-order valence-corrected chi connectivity index (χ0v) is 24.5. The number of aliphatic hydroxyl groups excluding tert-OH is 3. The first-order valence-electron chi connectivity index (χ1n) is 15.2. The lowest BCUT2D eigenvalue weighted by Crippen LogP contribution is -2.65. The van der Waals surface area contributed by atoms with E-state index >= 15 is 0 Å². The highest BCUT2D eigenvalue weighted by Gasteiger charge is 2.83. The fourth-order valence-electron chi connectivity index (χ4n) is 8.56. The molecule has 0 aromatic heterocycles. The normalized spacial score (nSPS) is 40.1. The second-order valence-corrected chi connectivity index (χ2v) is 13.4. The zero-order valence-electron chi connectivity index (χ0n) is 24.5. The molecule has 2 unspecified atom stereocenters. The molecular weight excluding hydrogens is 496 g/mol. The fourth-order valence-corrected chi connectivity index (χ4v) is 8.56. The summed E-state index contributed by atoms with van der Waals surface area (Å²) in [5, 5.41) is 44.5. The Balaban J connectivity index is 1.53. The highest BCUT2D eigenvalue weighted by atomic mass is 16.6. The van der Waals surface area contributed by atoms with Gasteiger partial charge >= 0.3 is 5.97 Å². The van der Waals surface area contributed by atoms with Crippen molar-refractivity contribution in [1.29, 1.82) is 0 Å². The highest BCUT2D eigenvalue weighted by Crippen LogP contribution is 2.75. The lowest BCUT2D eigenvalue weighted by atomic mass is 9.59. The van der Waals surface area contributed by atoms with E-state index in [0.29, 0.717) is 18.4 Å². The molecule has 39 heavy (non-hydrogen) atoms. The van der Waals surface area contributed by atoms with Crippen LogP contribution in [0.25, 0.3) is 0 Å². The summed E-state index contributed by atoms with van der Waals surface area (Å²) in [6.07, 6.45) is 11.2. The number of carbonyl (C=O) groups is 2. The quantitative estimate of drug-likeness (QED) is 0.162. The van der Waals surface area contributed by atoms with Gasteiger partial charge in [0.15, 0.2) is 5.78 Å². The van der Waals surface area contributed by atoms with Crippen LogP contribution in [-0.4, -0.2) is 62.2 Å². The van der Waals surface area contributed by atoms with Crippen molar-refractivity contribution in [3.8, 4) is 0 Å². The molecule has 4 aliphatic carbocycles. The van der Waals surface area contributed by atoms with Crippen molar-refractivity contribution in [2.75, 3.05) is 6.61 Å². The number of ketones is 1. The molecule has 0 heterocycles. The number of hydrogen-bond donors (Lipinski definition) is 4. The summed E-state index contributed by atoms with van der Waals surface area (Å²) in [7, 11) is 0. The van der Waals surface area contributed by atoms with Crippen LogP contribution in [-0.2, 0) is 14.3 Å². The van der Waals surface area contributed by atoms with Crippen molar-refractivity contribution < 1.29 is 34.8 Å². The van der Waals surface area contributed by atoms with Gasteiger partial charge in [-0.1, -0.05) is 91.2 Å². The van der Waals surface area contributed by atoms with E-state index in [-0.39, 0.29) is 23.2 Å². The molecule has 0 aromatic carbocycles. The minimum Gasteiger partial charge on any atom is -0.458 e. The average Bonchev–Trinajstić information content (AvgIpc) is 3.30. The van der Waals surface area contributed by atoms with Crippen LogP contribution in [0.4, 0.5) is 0 Å².